The first-order valence-electron chi connectivity index (χ1n) is 11.6. The van der Waals surface area contributed by atoms with Gasteiger partial charge in [0.25, 0.3) is 11.8 Å². The van der Waals surface area contributed by atoms with Gasteiger partial charge in [-0.25, -0.2) is 0 Å². The van der Waals surface area contributed by atoms with E-state index in [2.05, 4.69) is 29.5 Å². The van der Waals surface area contributed by atoms with Crippen molar-refractivity contribution >= 4 is 23.2 Å². The first-order chi connectivity index (χ1) is 16.1. The zero-order chi connectivity index (χ0) is 22.8. The van der Waals surface area contributed by atoms with Crippen LogP contribution in [0.3, 0.4) is 0 Å². The van der Waals surface area contributed by atoms with E-state index in [-0.39, 0.29) is 24.1 Å². The van der Waals surface area contributed by atoms with Crippen LogP contribution in [-0.4, -0.2) is 30.1 Å². The maximum atomic E-state index is 12.8. The molecule has 2 amide bonds. The van der Waals surface area contributed by atoms with E-state index in [4.69, 9.17) is 9.26 Å². The predicted octanol–water partition coefficient (Wildman–Crippen LogP) is 5.00. The van der Waals surface area contributed by atoms with E-state index in [9.17, 15) is 9.59 Å². The van der Waals surface area contributed by atoms with Crippen LogP contribution in [0.15, 0.2) is 47.0 Å². The molecule has 0 atom stereocenters. The van der Waals surface area contributed by atoms with Crippen LogP contribution in [0.4, 0.5) is 11.4 Å². The molecule has 33 heavy (non-hydrogen) atoms. The lowest BCUT2D eigenvalue weighted by Gasteiger charge is -2.29. The average Bonchev–Trinajstić information content (AvgIpc) is 3.34. The summed E-state index contributed by atoms with van der Waals surface area (Å²) >= 11 is 0. The summed E-state index contributed by atoms with van der Waals surface area (Å²) in [5, 5.41) is 6.84. The molecule has 0 saturated heterocycles. The van der Waals surface area contributed by atoms with Crippen LogP contribution in [0.25, 0.3) is 11.3 Å². The molecular formula is C26H27N3O4. The Kier molecular flexibility index (Phi) is 5.86. The lowest BCUT2D eigenvalue weighted by Crippen LogP contribution is -2.39. The third kappa shape index (κ3) is 4.35. The van der Waals surface area contributed by atoms with Crippen LogP contribution < -0.4 is 15.0 Å². The minimum Gasteiger partial charge on any atom is -0.482 e. The Morgan fingerprint density at radius 1 is 1.09 bits per heavy atom. The number of amides is 2. The largest absolute Gasteiger partial charge is 0.482 e. The van der Waals surface area contributed by atoms with Gasteiger partial charge >= 0.3 is 0 Å². The molecular weight excluding hydrogens is 418 g/mol. The molecule has 1 aliphatic carbocycles. The molecule has 2 aromatic carbocycles. The molecule has 5 rings (SSSR count). The number of carbonyl (C=O) groups is 2. The molecule has 0 spiro atoms. The molecule has 0 fully saturated rings. The van der Waals surface area contributed by atoms with Crippen molar-refractivity contribution in [3.05, 3.63) is 59.3 Å². The summed E-state index contributed by atoms with van der Waals surface area (Å²) in [4.78, 5) is 26.9. The molecule has 1 N–H and O–H groups in total. The third-order valence-corrected chi connectivity index (χ3v) is 6.27. The van der Waals surface area contributed by atoms with Gasteiger partial charge in [0.15, 0.2) is 18.1 Å². The highest BCUT2D eigenvalue weighted by Crippen LogP contribution is 2.35. The van der Waals surface area contributed by atoms with Crippen molar-refractivity contribution in [1.29, 1.82) is 0 Å². The third-order valence-electron chi connectivity index (χ3n) is 6.27. The number of nitrogens with zero attached hydrogens (tertiary/aromatic N) is 2. The molecule has 3 aromatic rings. The van der Waals surface area contributed by atoms with Crippen molar-refractivity contribution in [3.8, 4) is 17.1 Å². The minimum atomic E-state index is -0.369. The number of ether oxygens (including phenoxy) is 1. The first kappa shape index (κ1) is 21.2. The molecule has 2 heterocycles. The Labute approximate surface area is 192 Å². The highest BCUT2D eigenvalue weighted by Gasteiger charge is 2.26. The average molecular weight is 446 g/mol. The van der Waals surface area contributed by atoms with Gasteiger partial charge in [-0.05, 0) is 67.5 Å². The zero-order valence-electron chi connectivity index (χ0n) is 18.7. The number of rotatable bonds is 6. The fourth-order valence-corrected chi connectivity index (χ4v) is 4.44. The van der Waals surface area contributed by atoms with Gasteiger partial charge in [0, 0.05) is 23.9 Å². The van der Waals surface area contributed by atoms with Crippen molar-refractivity contribution in [3.63, 3.8) is 0 Å². The molecule has 1 aromatic heterocycles. The number of nitrogens with one attached hydrogen (secondary N) is 1. The van der Waals surface area contributed by atoms with Gasteiger partial charge in [-0.15, -0.1) is 0 Å². The maximum absolute atomic E-state index is 12.8. The lowest BCUT2D eigenvalue weighted by molar-refractivity contribution is -0.121. The van der Waals surface area contributed by atoms with Crippen LogP contribution in [0.5, 0.6) is 5.75 Å². The second-order valence-corrected chi connectivity index (χ2v) is 8.59. The fraction of sp³-hybridized carbons (Fsp3) is 0.346. The number of hydrogen-bond acceptors (Lipinski definition) is 5. The highest BCUT2D eigenvalue weighted by molar-refractivity contribution is 6.04. The Morgan fingerprint density at radius 2 is 1.94 bits per heavy atom. The molecule has 2 aliphatic rings. The number of anilines is 2. The van der Waals surface area contributed by atoms with E-state index in [1.54, 1.807) is 29.2 Å². The van der Waals surface area contributed by atoms with Gasteiger partial charge in [0.2, 0.25) is 0 Å². The monoisotopic (exact) mass is 445 g/mol. The van der Waals surface area contributed by atoms with Crippen LogP contribution in [0, 0.1) is 0 Å². The summed E-state index contributed by atoms with van der Waals surface area (Å²) in [5.41, 5.74) is 5.11. The van der Waals surface area contributed by atoms with E-state index < -0.39 is 0 Å². The Balaban J connectivity index is 1.33. The fourth-order valence-electron chi connectivity index (χ4n) is 4.44. The number of hydrogen-bond donors (Lipinski definition) is 1. The Morgan fingerprint density at radius 3 is 2.79 bits per heavy atom. The van der Waals surface area contributed by atoms with Crippen LogP contribution in [0.1, 0.15) is 54.2 Å². The quantitative estimate of drug-likeness (QED) is 0.577. The number of fused-ring (bicyclic) bond motifs is 2. The summed E-state index contributed by atoms with van der Waals surface area (Å²) in [5.74, 6) is 0.764. The second-order valence-electron chi connectivity index (χ2n) is 8.59. The van der Waals surface area contributed by atoms with Crippen molar-refractivity contribution in [2.45, 2.75) is 45.4 Å². The van der Waals surface area contributed by atoms with Crippen molar-refractivity contribution in [2.24, 2.45) is 0 Å². The van der Waals surface area contributed by atoms with Gasteiger partial charge in [0.05, 0.1) is 5.69 Å². The smallest absolute Gasteiger partial charge is 0.277 e. The predicted molar refractivity (Wildman–Crippen MR) is 126 cm³/mol. The second kappa shape index (κ2) is 9.10. The van der Waals surface area contributed by atoms with Crippen molar-refractivity contribution in [1.82, 2.24) is 5.16 Å². The van der Waals surface area contributed by atoms with Crippen LogP contribution >= 0.6 is 0 Å². The standard InChI is InChI=1S/C26H27N3O4/c1-2-3-12-29-22-14-20(10-11-23(22)32-16-25(29)30)27-26(31)21-15-24(33-28-21)19-9-8-17-6-4-5-7-18(17)13-19/h8-11,13-15H,2-7,12,16H2,1H3,(H,27,31). The Bertz CT molecular complexity index is 1200. The topological polar surface area (TPSA) is 84.7 Å². The first-order valence-corrected chi connectivity index (χ1v) is 11.6. The van der Waals surface area contributed by atoms with Gasteiger partial charge < -0.3 is 19.5 Å². The van der Waals surface area contributed by atoms with Crippen molar-refractivity contribution in [2.75, 3.05) is 23.4 Å². The molecule has 170 valence electrons. The van der Waals surface area contributed by atoms with E-state index >= 15 is 0 Å². The molecule has 0 bridgehead atoms. The lowest BCUT2D eigenvalue weighted by atomic mass is 9.90. The number of aryl methyl sites for hydroxylation is 2. The molecule has 0 radical (unpaired) electrons. The summed E-state index contributed by atoms with van der Waals surface area (Å²) < 4.78 is 11.0. The maximum Gasteiger partial charge on any atom is 0.277 e. The minimum absolute atomic E-state index is 0.0346. The molecule has 1 aliphatic heterocycles. The molecule has 7 heteroatoms. The van der Waals surface area contributed by atoms with E-state index in [0.29, 0.717) is 29.4 Å². The van der Waals surface area contributed by atoms with Gasteiger partial charge in [0.1, 0.15) is 5.75 Å². The zero-order valence-corrected chi connectivity index (χ0v) is 18.7. The normalized spacial score (nSPS) is 14.9. The van der Waals surface area contributed by atoms with Gasteiger partial charge in [-0.3, -0.25) is 9.59 Å². The SMILES string of the molecule is CCCCN1C(=O)COc2ccc(NC(=O)c3cc(-c4ccc5c(c4)CCCC5)on3)cc21. The highest BCUT2D eigenvalue weighted by atomic mass is 16.5. The molecule has 7 nitrogen and oxygen atoms in total. The van der Waals surface area contributed by atoms with Crippen molar-refractivity contribution < 1.29 is 18.8 Å². The van der Waals surface area contributed by atoms with Gasteiger partial charge in [-0.2, -0.15) is 0 Å². The van der Waals surface area contributed by atoms with E-state index in [1.165, 1.54) is 24.0 Å². The number of carbonyl (C=O) groups excluding carboxylic acids is 2. The summed E-state index contributed by atoms with van der Waals surface area (Å²) in [7, 11) is 0. The Hall–Kier alpha value is -3.61. The number of unbranched alkanes of at least 4 members (excludes halogenated alkanes) is 1. The summed E-state index contributed by atoms with van der Waals surface area (Å²) in [6.45, 7) is 2.74. The number of benzene rings is 2. The molecule has 0 saturated carbocycles. The molecule has 0 unspecified atom stereocenters. The van der Waals surface area contributed by atoms with Crippen LogP contribution in [-0.2, 0) is 17.6 Å². The van der Waals surface area contributed by atoms with E-state index in [1.807, 2.05) is 6.07 Å². The number of aromatic nitrogens is 1. The summed E-state index contributed by atoms with van der Waals surface area (Å²) in [6.07, 6.45) is 6.50. The van der Waals surface area contributed by atoms with Crippen LogP contribution in [0.2, 0.25) is 0 Å². The summed E-state index contributed by atoms with van der Waals surface area (Å²) in [6, 6.07) is 13.3. The van der Waals surface area contributed by atoms with E-state index in [0.717, 1.165) is 31.2 Å². The van der Waals surface area contributed by atoms with Gasteiger partial charge in [-0.1, -0.05) is 30.6 Å².